The average molecular weight is 419 g/mol. The lowest BCUT2D eigenvalue weighted by molar-refractivity contribution is 0.355. The zero-order chi connectivity index (χ0) is 22.1. The number of hydrogen-bond acceptors (Lipinski definition) is 2. The van der Waals surface area contributed by atoms with Crippen LogP contribution in [0.2, 0.25) is 0 Å². The van der Waals surface area contributed by atoms with Gasteiger partial charge < -0.3 is 15.4 Å². The molecule has 0 aliphatic carbocycles. The second kappa shape index (κ2) is 11.2. The van der Waals surface area contributed by atoms with Gasteiger partial charge in [0.05, 0.1) is 5.54 Å². The third-order valence-corrected chi connectivity index (χ3v) is 6.25. The highest BCUT2D eigenvalue weighted by molar-refractivity contribution is 5.63. The number of benzene rings is 2. The van der Waals surface area contributed by atoms with Crippen molar-refractivity contribution in [3.63, 3.8) is 0 Å². The van der Waals surface area contributed by atoms with Crippen LogP contribution in [0, 0.1) is 6.92 Å². The van der Waals surface area contributed by atoms with Gasteiger partial charge in [-0.2, -0.15) is 0 Å². The molecule has 0 bridgehead atoms. The van der Waals surface area contributed by atoms with Crippen molar-refractivity contribution in [3.8, 4) is 17.0 Å². The first-order valence-electron chi connectivity index (χ1n) is 11.9. The minimum absolute atomic E-state index is 0.209. The minimum atomic E-state index is -0.209. The number of hydrogen-bond donors (Lipinski definition) is 3. The van der Waals surface area contributed by atoms with Crippen LogP contribution in [0.25, 0.3) is 11.3 Å². The van der Waals surface area contributed by atoms with Crippen LogP contribution in [0.4, 0.5) is 0 Å². The first-order chi connectivity index (χ1) is 15.1. The lowest BCUT2D eigenvalue weighted by Crippen LogP contribution is -2.44. The van der Waals surface area contributed by atoms with E-state index < -0.39 is 0 Å². The van der Waals surface area contributed by atoms with E-state index in [4.69, 9.17) is 0 Å². The molecular weight excluding hydrogens is 380 g/mol. The number of aromatic nitrogens is 1. The predicted octanol–water partition coefficient (Wildman–Crippen LogP) is 7.30. The van der Waals surface area contributed by atoms with Crippen molar-refractivity contribution in [3.05, 3.63) is 77.5 Å². The summed E-state index contributed by atoms with van der Waals surface area (Å²) in [6.45, 7) is 7.66. The molecule has 0 aliphatic rings. The van der Waals surface area contributed by atoms with Crippen LogP contribution in [0.3, 0.4) is 0 Å². The fraction of sp³-hybridized carbons (Fsp3) is 0.429. The van der Waals surface area contributed by atoms with E-state index in [1.165, 1.54) is 48.9 Å². The number of aryl methyl sites for hydroxylation is 1. The van der Waals surface area contributed by atoms with Crippen LogP contribution < -0.4 is 5.32 Å². The Morgan fingerprint density at radius 3 is 2.26 bits per heavy atom. The van der Waals surface area contributed by atoms with Gasteiger partial charge in [0.15, 0.2) is 0 Å². The van der Waals surface area contributed by atoms with Crippen LogP contribution in [0.15, 0.2) is 60.7 Å². The average Bonchev–Trinajstić information content (AvgIpc) is 3.19. The Hall–Kier alpha value is -2.52. The topological polar surface area (TPSA) is 48.0 Å². The standard InChI is InChI=1S/C28H38N2O/c1-4-6-7-8-12-19-28(29-20-5-2,24-13-10-9-11-14-24)26-21-27(30-22(26)3)23-15-17-25(31)18-16-23/h9-11,13-18,21,29-31H,4-8,12,19-20H2,1-3H3. The summed E-state index contributed by atoms with van der Waals surface area (Å²) in [5.74, 6) is 0.294. The Labute approximate surface area is 187 Å². The lowest BCUT2D eigenvalue weighted by atomic mass is 9.78. The van der Waals surface area contributed by atoms with E-state index in [0.717, 1.165) is 30.6 Å². The number of rotatable bonds is 12. The molecular formula is C28H38N2O. The van der Waals surface area contributed by atoms with Crippen LogP contribution in [-0.4, -0.2) is 16.6 Å². The van der Waals surface area contributed by atoms with E-state index in [1.54, 1.807) is 12.1 Å². The minimum Gasteiger partial charge on any atom is -0.508 e. The number of phenolic OH excluding ortho intramolecular Hbond substituents is 1. The molecule has 3 heteroatoms. The fourth-order valence-corrected chi connectivity index (χ4v) is 4.57. The number of phenols is 1. The molecule has 3 rings (SSSR count). The van der Waals surface area contributed by atoms with Gasteiger partial charge in [-0.3, -0.25) is 0 Å². The number of aromatic amines is 1. The second-order valence-electron chi connectivity index (χ2n) is 8.63. The van der Waals surface area contributed by atoms with Crippen molar-refractivity contribution >= 4 is 0 Å². The first kappa shape index (κ1) is 23.1. The summed E-state index contributed by atoms with van der Waals surface area (Å²) in [6.07, 6.45) is 8.53. The Balaban J connectivity index is 2.02. The van der Waals surface area contributed by atoms with Crippen molar-refractivity contribution in [1.29, 1.82) is 0 Å². The summed E-state index contributed by atoms with van der Waals surface area (Å²) in [4.78, 5) is 3.62. The molecule has 3 nitrogen and oxygen atoms in total. The van der Waals surface area contributed by atoms with Crippen LogP contribution >= 0.6 is 0 Å². The van der Waals surface area contributed by atoms with E-state index >= 15 is 0 Å². The maximum atomic E-state index is 9.68. The molecule has 2 aromatic carbocycles. The van der Waals surface area contributed by atoms with Crippen LogP contribution in [0.1, 0.15) is 75.6 Å². The quantitative estimate of drug-likeness (QED) is 0.270. The van der Waals surface area contributed by atoms with E-state index in [-0.39, 0.29) is 5.54 Å². The summed E-state index contributed by atoms with van der Waals surface area (Å²) in [6, 6.07) is 20.7. The molecule has 1 atom stereocenters. The first-order valence-corrected chi connectivity index (χ1v) is 11.9. The van der Waals surface area contributed by atoms with Crippen molar-refractivity contribution in [2.45, 2.75) is 71.3 Å². The molecule has 0 amide bonds. The van der Waals surface area contributed by atoms with Crippen molar-refractivity contribution in [2.75, 3.05) is 6.54 Å². The highest BCUT2D eigenvalue weighted by atomic mass is 16.3. The van der Waals surface area contributed by atoms with E-state index in [9.17, 15) is 5.11 Å². The van der Waals surface area contributed by atoms with E-state index in [2.05, 4.69) is 67.5 Å². The van der Waals surface area contributed by atoms with Crippen LogP contribution in [-0.2, 0) is 5.54 Å². The smallest absolute Gasteiger partial charge is 0.115 e. The third-order valence-electron chi connectivity index (χ3n) is 6.25. The third kappa shape index (κ3) is 5.59. The second-order valence-corrected chi connectivity index (χ2v) is 8.63. The zero-order valence-electron chi connectivity index (χ0n) is 19.4. The maximum absolute atomic E-state index is 9.68. The SMILES string of the molecule is CCCCCCCC(NCCC)(c1ccccc1)c1cc(-c2ccc(O)cc2)[nH]c1C. The van der Waals surface area contributed by atoms with E-state index in [0.29, 0.717) is 5.75 Å². The van der Waals surface area contributed by atoms with Crippen LogP contribution in [0.5, 0.6) is 5.75 Å². The number of unbranched alkanes of at least 4 members (excludes halogenated alkanes) is 4. The number of aromatic hydroxyl groups is 1. The van der Waals surface area contributed by atoms with Gasteiger partial charge in [0.1, 0.15) is 5.75 Å². The van der Waals surface area contributed by atoms with Gasteiger partial charge in [0.2, 0.25) is 0 Å². The Bertz CT molecular complexity index is 914. The highest BCUT2D eigenvalue weighted by Crippen LogP contribution is 2.39. The van der Waals surface area contributed by atoms with Crippen molar-refractivity contribution in [1.82, 2.24) is 10.3 Å². The fourth-order valence-electron chi connectivity index (χ4n) is 4.57. The number of H-pyrrole nitrogens is 1. The summed E-state index contributed by atoms with van der Waals surface area (Å²) in [7, 11) is 0. The largest absolute Gasteiger partial charge is 0.508 e. The molecule has 3 aromatic rings. The van der Waals surface area contributed by atoms with Gasteiger partial charge in [-0.25, -0.2) is 0 Å². The Morgan fingerprint density at radius 1 is 0.871 bits per heavy atom. The molecule has 0 saturated heterocycles. The lowest BCUT2D eigenvalue weighted by Gasteiger charge is -2.36. The molecule has 0 fully saturated rings. The molecule has 0 radical (unpaired) electrons. The molecule has 0 aliphatic heterocycles. The Morgan fingerprint density at radius 2 is 1.58 bits per heavy atom. The maximum Gasteiger partial charge on any atom is 0.115 e. The molecule has 3 N–H and O–H groups in total. The van der Waals surface area contributed by atoms with Gasteiger partial charge in [-0.1, -0.05) is 76.3 Å². The van der Waals surface area contributed by atoms with E-state index in [1.807, 2.05) is 12.1 Å². The molecule has 1 unspecified atom stereocenters. The van der Waals surface area contributed by atoms with Gasteiger partial charge in [-0.15, -0.1) is 0 Å². The summed E-state index contributed by atoms with van der Waals surface area (Å²) in [5, 5.41) is 13.6. The van der Waals surface area contributed by atoms with Gasteiger partial charge in [0.25, 0.3) is 0 Å². The van der Waals surface area contributed by atoms with Gasteiger partial charge in [0, 0.05) is 11.4 Å². The molecule has 0 saturated carbocycles. The predicted molar refractivity (Wildman–Crippen MR) is 132 cm³/mol. The molecule has 166 valence electrons. The molecule has 1 aromatic heterocycles. The molecule has 31 heavy (non-hydrogen) atoms. The van der Waals surface area contributed by atoms with Gasteiger partial charge in [-0.05, 0) is 73.3 Å². The Kier molecular flexibility index (Phi) is 8.36. The summed E-state index contributed by atoms with van der Waals surface area (Å²) < 4.78 is 0. The molecule has 1 heterocycles. The normalized spacial score (nSPS) is 13.3. The monoisotopic (exact) mass is 418 g/mol. The number of nitrogens with one attached hydrogen (secondary N) is 2. The van der Waals surface area contributed by atoms with Crippen molar-refractivity contribution in [2.24, 2.45) is 0 Å². The van der Waals surface area contributed by atoms with Gasteiger partial charge >= 0.3 is 0 Å². The summed E-state index contributed by atoms with van der Waals surface area (Å²) >= 11 is 0. The highest BCUT2D eigenvalue weighted by Gasteiger charge is 2.35. The zero-order valence-corrected chi connectivity index (χ0v) is 19.4. The summed E-state index contributed by atoms with van der Waals surface area (Å²) in [5.41, 5.74) is 5.83. The van der Waals surface area contributed by atoms with Crippen molar-refractivity contribution < 1.29 is 5.11 Å². The molecule has 0 spiro atoms.